The molecule has 0 aliphatic heterocycles. The molecule has 0 spiro atoms. The highest BCUT2D eigenvalue weighted by atomic mass is 32.1. The summed E-state index contributed by atoms with van der Waals surface area (Å²) in [7, 11) is 1.71. The Morgan fingerprint density at radius 3 is 2.65 bits per heavy atom. The zero-order valence-corrected chi connectivity index (χ0v) is 11.2. The molecule has 2 nitrogen and oxygen atoms in total. The standard InChI is InChI=1S/C13H18FNOS/c1-9(2)12(17)13(16)15(3)8-10-5-4-6-11(14)7-10/h4-7,9,12,17H,8H2,1-3H3. The molecule has 0 fully saturated rings. The van der Waals surface area contributed by atoms with E-state index in [-0.39, 0.29) is 22.9 Å². The van der Waals surface area contributed by atoms with E-state index in [0.29, 0.717) is 6.54 Å². The second-order valence-electron chi connectivity index (χ2n) is 4.51. The molecule has 0 N–H and O–H groups in total. The summed E-state index contributed by atoms with van der Waals surface area (Å²) in [5.74, 6) is -0.136. The van der Waals surface area contributed by atoms with E-state index in [4.69, 9.17) is 0 Å². The van der Waals surface area contributed by atoms with Crippen LogP contribution in [-0.4, -0.2) is 23.1 Å². The Balaban J connectivity index is 2.66. The third-order valence-corrected chi connectivity index (χ3v) is 3.39. The lowest BCUT2D eigenvalue weighted by Crippen LogP contribution is -2.35. The van der Waals surface area contributed by atoms with Crippen LogP contribution in [0.3, 0.4) is 0 Å². The van der Waals surface area contributed by atoms with Crippen molar-refractivity contribution >= 4 is 18.5 Å². The van der Waals surface area contributed by atoms with Crippen LogP contribution in [0.2, 0.25) is 0 Å². The van der Waals surface area contributed by atoms with Crippen LogP contribution in [0.5, 0.6) is 0 Å². The SMILES string of the molecule is CC(C)C(S)C(=O)N(C)Cc1cccc(F)c1. The quantitative estimate of drug-likeness (QED) is 0.820. The molecule has 0 aromatic heterocycles. The highest BCUT2D eigenvalue weighted by Crippen LogP contribution is 2.14. The Kier molecular flexibility index (Phi) is 5.00. The third-order valence-electron chi connectivity index (χ3n) is 2.57. The van der Waals surface area contributed by atoms with E-state index in [9.17, 15) is 9.18 Å². The molecule has 1 unspecified atom stereocenters. The van der Waals surface area contributed by atoms with Gasteiger partial charge >= 0.3 is 0 Å². The van der Waals surface area contributed by atoms with Crippen molar-refractivity contribution in [1.82, 2.24) is 4.90 Å². The zero-order valence-electron chi connectivity index (χ0n) is 10.4. The van der Waals surface area contributed by atoms with E-state index >= 15 is 0 Å². The Morgan fingerprint density at radius 2 is 2.12 bits per heavy atom. The van der Waals surface area contributed by atoms with Crippen molar-refractivity contribution in [3.63, 3.8) is 0 Å². The topological polar surface area (TPSA) is 20.3 Å². The van der Waals surface area contributed by atoms with Gasteiger partial charge in [0.25, 0.3) is 0 Å². The molecule has 94 valence electrons. The number of hydrogen-bond acceptors (Lipinski definition) is 2. The number of amides is 1. The van der Waals surface area contributed by atoms with Crippen LogP contribution in [0.15, 0.2) is 24.3 Å². The van der Waals surface area contributed by atoms with Crippen LogP contribution in [0.25, 0.3) is 0 Å². The minimum absolute atomic E-state index is 0.0346. The zero-order chi connectivity index (χ0) is 13.0. The number of hydrogen-bond donors (Lipinski definition) is 1. The Labute approximate surface area is 107 Å². The molecule has 1 atom stereocenters. The summed E-state index contributed by atoms with van der Waals surface area (Å²) in [5, 5.41) is -0.312. The third kappa shape index (κ3) is 4.04. The van der Waals surface area contributed by atoms with Crippen molar-refractivity contribution < 1.29 is 9.18 Å². The van der Waals surface area contributed by atoms with Crippen molar-refractivity contribution in [3.8, 4) is 0 Å². The first-order valence-corrected chi connectivity index (χ1v) is 6.11. The minimum Gasteiger partial charge on any atom is -0.340 e. The van der Waals surface area contributed by atoms with E-state index in [0.717, 1.165) is 5.56 Å². The molecule has 4 heteroatoms. The fraction of sp³-hybridized carbons (Fsp3) is 0.462. The number of nitrogens with zero attached hydrogens (tertiary/aromatic N) is 1. The molecule has 0 saturated carbocycles. The van der Waals surface area contributed by atoms with E-state index in [2.05, 4.69) is 12.6 Å². The number of carbonyl (C=O) groups is 1. The lowest BCUT2D eigenvalue weighted by Gasteiger charge is -2.23. The minimum atomic E-state index is -0.312. The van der Waals surface area contributed by atoms with E-state index < -0.39 is 0 Å². The van der Waals surface area contributed by atoms with Crippen molar-refractivity contribution in [2.75, 3.05) is 7.05 Å². The summed E-state index contributed by atoms with van der Waals surface area (Å²) in [4.78, 5) is 13.5. The molecule has 1 aromatic carbocycles. The maximum Gasteiger partial charge on any atom is 0.235 e. The molecule has 0 aliphatic carbocycles. The monoisotopic (exact) mass is 255 g/mol. The van der Waals surface area contributed by atoms with E-state index in [1.54, 1.807) is 24.1 Å². The first-order valence-electron chi connectivity index (χ1n) is 5.59. The second-order valence-corrected chi connectivity index (χ2v) is 5.07. The molecule has 0 radical (unpaired) electrons. The molecule has 0 heterocycles. The van der Waals surface area contributed by atoms with Crippen LogP contribution in [0.4, 0.5) is 4.39 Å². The Hall–Kier alpha value is -1.03. The predicted octanol–water partition coefficient (Wildman–Crippen LogP) is 2.74. The molecule has 0 bridgehead atoms. The lowest BCUT2D eigenvalue weighted by molar-refractivity contribution is -0.130. The molecule has 1 aromatic rings. The van der Waals surface area contributed by atoms with Crippen molar-refractivity contribution in [2.45, 2.75) is 25.6 Å². The smallest absolute Gasteiger partial charge is 0.235 e. The Bertz CT molecular complexity index is 395. The second kappa shape index (κ2) is 6.05. The van der Waals surface area contributed by atoms with Gasteiger partial charge < -0.3 is 4.90 Å². The maximum atomic E-state index is 13.0. The van der Waals surface area contributed by atoms with Crippen LogP contribution in [0, 0.1) is 11.7 Å². The molecule has 0 aliphatic rings. The highest BCUT2D eigenvalue weighted by molar-refractivity contribution is 7.81. The first kappa shape index (κ1) is 14.0. The lowest BCUT2D eigenvalue weighted by atomic mass is 10.1. The summed E-state index contributed by atoms with van der Waals surface area (Å²) in [6.45, 7) is 4.30. The summed E-state index contributed by atoms with van der Waals surface area (Å²) in [5.41, 5.74) is 0.783. The van der Waals surface area contributed by atoms with Gasteiger partial charge in [-0.2, -0.15) is 12.6 Å². The maximum absolute atomic E-state index is 13.0. The van der Waals surface area contributed by atoms with E-state index in [1.807, 2.05) is 13.8 Å². The van der Waals surface area contributed by atoms with Gasteiger partial charge in [0.1, 0.15) is 5.82 Å². The molecular formula is C13H18FNOS. The van der Waals surface area contributed by atoms with Gasteiger partial charge in [-0.15, -0.1) is 0 Å². The van der Waals surface area contributed by atoms with Crippen molar-refractivity contribution in [2.24, 2.45) is 5.92 Å². The van der Waals surface area contributed by atoms with Gasteiger partial charge in [0, 0.05) is 13.6 Å². The van der Waals surface area contributed by atoms with Crippen molar-refractivity contribution in [1.29, 1.82) is 0 Å². The molecule has 17 heavy (non-hydrogen) atoms. The number of rotatable bonds is 4. The summed E-state index contributed by atoms with van der Waals surface area (Å²) >= 11 is 4.28. The summed E-state index contributed by atoms with van der Waals surface area (Å²) < 4.78 is 13.0. The van der Waals surface area contributed by atoms with Gasteiger partial charge in [-0.05, 0) is 23.6 Å². The molecule has 1 amide bonds. The van der Waals surface area contributed by atoms with Gasteiger partial charge in [-0.1, -0.05) is 26.0 Å². The number of carbonyl (C=O) groups excluding carboxylic acids is 1. The predicted molar refractivity (Wildman–Crippen MR) is 70.5 cm³/mol. The van der Waals surface area contributed by atoms with Gasteiger partial charge in [-0.3, -0.25) is 4.79 Å². The largest absolute Gasteiger partial charge is 0.340 e. The van der Waals surface area contributed by atoms with Crippen molar-refractivity contribution in [3.05, 3.63) is 35.6 Å². The first-order chi connectivity index (χ1) is 7.91. The number of thiol groups is 1. The molecular weight excluding hydrogens is 237 g/mol. The highest BCUT2D eigenvalue weighted by Gasteiger charge is 2.21. The van der Waals surface area contributed by atoms with Crippen LogP contribution < -0.4 is 0 Å². The summed E-state index contributed by atoms with van der Waals surface area (Å²) in [6, 6.07) is 6.27. The number of benzene rings is 1. The summed E-state index contributed by atoms with van der Waals surface area (Å²) in [6.07, 6.45) is 0. The fourth-order valence-electron chi connectivity index (χ4n) is 1.50. The van der Waals surface area contributed by atoms with Gasteiger partial charge in [0.15, 0.2) is 0 Å². The molecule has 1 rings (SSSR count). The fourth-order valence-corrected chi connectivity index (χ4v) is 1.70. The Morgan fingerprint density at radius 1 is 1.47 bits per heavy atom. The van der Waals surface area contributed by atoms with E-state index in [1.165, 1.54) is 12.1 Å². The number of halogens is 1. The normalized spacial score (nSPS) is 12.6. The average molecular weight is 255 g/mol. The van der Waals surface area contributed by atoms with Crippen LogP contribution in [-0.2, 0) is 11.3 Å². The molecule has 0 saturated heterocycles. The van der Waals surface area contributed by atoms with Crippen LogP contribution in [0.1, 0.15) is 19.4 Å². The van der Waals surface area contributed by atoms with Gasteiger partial charge in [0.2, 0.25) is 5.91 Å². The van der Waals surface area contributed by atoms with Gasteiger partial charge in [-0.25, -0.2) is 4.39 Å². The van der Waals surface area contributed by atoms with Crippen LogP contribution >= 0.6 is 12.6 Å². The van der Waals surface area contributed by atoms with Gasteiger partial charge in [0.05, 0.1) is 5.25 Å². The average Bonchev–Trinajstić information content (AvgIpc) is 2.26.